The third-order valence-electron chi connectivity index (χ3n) is 3.76. The fourth-order valence-corrected chi connectivity index (χ4v) is 3.36. The quantitative estimate of drug-likeness (QED) is 0.775. The predicted octanol–water partition coefficient (Wildman–Crippen LogP) is 3.64. The number of benzene rings is 1. The number of nitrogens with zero attached hydrogens (tertiary/aromatic N) is 2. The summed E-state index contributed by atoms with van der Waals surface area (Å²) >= 11 is 1.56. The summed E-state index contributed by atoms with van der Waals surface area (Å²) in [6, 6.07) is 13.1. The van der Waals surface area contributed by atoms with Crippen LogP contribution in [-0.2, 0) is 0 Å². The van der Waals surface area contributed by atoms with Gasteiger partial charge in [-0.05, 0) is 31.2 Å². The summed E-state index contributed by atoms with van der Waals surface area (Å²) in [5.74, 6) is 2.19. The molecule has 0 saturated heterocycles. The molecule has 1 N–H and O–H groups in total. The molecule has 0 radical (unpaired) electrons. The predicted molar refractivity (Wildman–Crippen MR) is 96.4 cm³/mol. The highest BCUT2D eigenvalue weighted by molar-refractivity contribution is 8.14. The number of fused-ring (bicyclic) bond motifs is 1. The highest BCUT2D eigenvalue weighted by Crippen LogP contribution is 2.26. The molecular weight excluding hydrogens is 322 g/mol. The first-order valence-electron chi connectivity index (χ1n) is 7.66. The number of amides is 1. The third-order valence-corrected chi connectivity index (χ3v) is 4.65. The molecule has 0 aliphatic carbocycles. The van der Waals surface area contributed by atoms with Crippen molar-refractivity contribution < 1.29 is 9.21 Å². The number of thioether (sulfide) groups is 1. The van der Waals surface area contributed by atoms with Crippen molar-refractivity contribution in [2.24, 2.45) is 4.99 Å². The molecule has 5 nitrogen and oxygen atoms in total. The lowest BCUT2D eigenvalue weighted by Crippen LogP contribution is -2.27. The minimum atomic E-state index is -0.175. The maximum Gasteiger partial charge on any atom is 0.257 e. The second kappa shape index (κ2) is 6.13. The van der Waals surface area contributed by atoms with Crippen LogP contribution in [-0.4, -0.2) is 28.4 Å². The van der Waals surface area contributed by atoms with E-state index in [1.54, 1.807) is 17.8 Å². The molecule has 2 aromatic heterocycles. The Morgan fingerprint density at radius 1 is 1.25 bits per heavy atom. The largest absolute Gasteiger partial charge is 0.460 e. The maximum atomic E-state index is 12.7. The van der Waals surface area contributed by atoms with Crippen molar-refractivity contribution in [1.29, 1.82) is 0 Å². The minimum absolute atomic E-state index is 0.175. The van der Waals surface area contributed by atoms with Gasteiger partial charge in [0.2, 0.25) is 0 Å². The molecule has 0 saturated carbocycles. The third kappa shape index (κ3) is 2.80. The van der Waals surface area contributed by atoms with Gasteiger partial charge in [-0.2, -0.15) is 0 Å². The van der Waals surface area contributed by atoms with Gasteiger partial charge in [0, 0.05) is 11.1 Å². The van der Waals surface area contributed by atoms with Crippen LogP contribution >= 0.6 is 11.8 Å². The van der Waals surface area contributed by atoms with Gasteiger partial charge in [-0.15, -0.1) is 0 Å². The van der Waals surface area contributed by atoms with Crippen LogP contribution in [0.1, 0.15) is 16.1 Å². The van der Waals surface area contributed by atoms with Crippen LogP contribution in [0.15, 0.2) is 51.9 Å². The Morgan fingerprint density at radius 2 is 2.12 bits per heavy atom. The lowest BCUT2D eigenvalue weighted by atomic mass is 10.1. The molecule has 1 aliphatic heterocycles. The van der Waals surface area contributed by atoms with E-state index in [-0.39, 0.29) is 5.91 Å². The average molecular weight is 337 g/mol. The summed E-state index contributed by atoms with van der Waals surface area (Å²) in [7, 11) is 0. The molecule has 0 spiro atoms. The monoisotopic (exact) mass is 337 g/mol. The summed E-state index contributed by atoms with van der Waals surface area (Å²) in [5, 5.41) is 4.37. The van der Waals surface area contributed by atoms with E-state index in [0.717, 1.165) is 29.0 Å². The van der Waals surface area contributed by atoms with Crippen LogP contribution in [0, 0.1) is 6.92 Å². The Morgan fingerprint density at radius 3 is 2.88 bits per heavy atom. The number of amidine groups is 1. The van der Waals surface area contributed by atoms with Crippen LogP contribution in [0.25, 0.3) is 22.4 Å². The topological polar surface area (TPSA) is 67.5 Å². The summed E-state index contributed by atoms with van der Waals surface area (Å²) < 4.78 is 5.66. The van der Waals surface area contributed by atoms with Gasteiger partial charge in [-0.3, -0.25) is 9.79 Å². The SMILES string of the molecule is Cc1ccc(-c2cc(C(=O)NC3=NCCS3)c3ccccc3n2)o1. The molecule has 24 heavy (non-hydrogen) atoms. The van der Waals surface area contributed by atoms with Crippen molar-refractivity contribution in [2.75, 3.05) is 12.3 Å². The van der Waals surface area contributed by atoms with E-state index in [4.69, 9.17) is 4.42 Å². The number of furan rings is 1. The molecule has 3 aromatic rings. The Hall–Kier alpha value is -2.60. The van der Waals surface area contributed by atoms with Gasteiger partial charge >= 0.3 is 0 Å². The molecular formula is C18H15N3O2S. The van der Waals surface area contributed by atoms with E-state index < -0.39 is 0 Å². The molecule has 1 aromatic carbocycles. The van der Waals surface area contributed by atoms with Crippen molar-refractivity contribution >= 4 is 33.7 Å². The van der Waals surface area contributed by atoms with Gasteiger partial charge in [0.05, 0.1) is 17.6 Å². The smallest absolute Gasteiger partial charge is 0.257 e. The Bertz CT molecular complexity index is 962. The molecule has 1 amide bonds. The molecule has 3 heterocycles. The van der Waals surface area contributed by atoms with Gasteiger partial charge in [-0.1, -0.05) is 30.0 Å². The minimum Gasteiger partial charge on any atom is -0.460 e. The summed E-state index contributed by atoms with van der Waals surface area (Å²) in [5.41, 5.74) is 1.98. The Labute approximate surface area is 143 Å². The summed E-state index contributed by atoms with van der Waals surface area (Å²) in [4.78, 5) is 21.6. The van der Waals surface area contributed by atoms with Crippen LogP contribution in [0.4, 0.5) is 0 Å². The number of pyridine rings is 1. The molecule has 120 valence electrons. The standard InChI is InChI=1S/C18H15N3O2S/c1-11-6-7-16(23-11)15-10-13(12-4-2-3-5-14(12)20-15)17(22)21-18-19-8-9-24-18/h2-7,10H,8-9H2,1H3,(H,19,21,22). The first-order chi connectivity index (χ1) is 11.7. The average Bonchev–Trinajstić information content (AvgIpc) is 3.25. The fraction of sp³-hybridized carbons (Fsp3) is 0.167. The molecule has 1 aliphatic rings. The van der Waals surface area contributed by atoms with Crippen molar-refractivity contribution in [2.45, 2.75) is 6.92 Å². The second-order valence-corrected chi connectivity index (χ2v) is 6.56. The number of carbonyl (C=O) groups excluding carboxylic acids is 1. The molecule has 0 fully saturated rings. The second-order valence-electron chi connectivity index (χ2n) is 5.47. The van der Waals surface area contributed by atoms with Crippen LogP contribution in [0.5, 0.6) is 0 Å². The number of aliphatic imine (C=N–C) groups is 1. The Balaban J connectivity index is 1.81. The van der Waals surface area contributed by atoms with Crippen LogP contribution in [0.2, 0.25) is 0 Å². The highest BCUT2D eigenvalue weighted by atomic mass is 32.2. The molecule has 0 bridgehead atoms. The van der Waals surface area contributed by atoms with E-state index in [2.05, 4.69) is 15.3 Å². The first kappa shape index (κ1) is 15.0. The summed E-state index contributed by atoms with van der Waals surface area (Å²) in [6.45, 7) is 2.63. The number of nitrogens with one attached hydrogen (secondary N) is 1. The van der Waals surface area contributed by atoms with Gasteiger partial charge in [0.1, 0.15) is 11.5 Å². The zero-order valence-electron chi connectivity index (χ0n) is 13.1. The zero-order chi connectivity index (χ0) is 16.5. The molecule has 0 unspecified atom stereocenters. The van der Waals surface area contributed by atoms with Crippen molar-refractivity contribution in [3.8, 4) is 11.5 Å². The van der Waals surface area contributed by atoms with E-state index in [1.807, 2.05) is 43.3 Å². The number of aromatic nitrogens is 1. The number of aryl methyl sites for hydroxylation is 1. The molecule has 0 atom stereocenters. The number of hydrogen-bond acceptors (Lipinski definition) is 5. The summed E-state index contributed by atoms with van der Waals surface area (Å²) in [6.07, 6.45) is 0. The zero-order valence-corrected chi connectivity index (χ0v) is 13.9. The lowest BCUT2D eigenvalue weighted by molar-refractivity contribution is 0.0979. The van der Waals surface area contributed by atoms with Crippen molar-refractivity contribution in [1.82, 2.24) is 10.3 Å². The number of para-hydroxylation sites is 1. The Kier molecular flexibility index (Phi) is 3.82. The normalized spacial score (nSPS) is 14.0. The van der Waals surface area contributed by atoms with Gasteiger partial charge < -0.3 is 9.73 Å². The molecule has 6 heteroatoms. The van der Waals surface area contributed by atoms with Gasteiger partial charge in [-0.25, -0.2) is 4.98 Å². The van der Waals surface area contributed by atoms with E-state index >= 15 is 0 Å². The fourth-order valence-electron chi connectivity index (χ4n) is 2.64. The van der Waals surface area contributed by atoms with E-state index in [0.29, 0.717) is 22.2 Å². The number of carbonyl (C=O) groups is 1. The highest BCUT2D eigenvalue weighted by Gasteiger charge is 2.18. The van der Waals surface area contributed by atoms with Gasteiger partial charge in [0.25, 0.3) is 5.91 Å². The molecule has 4 rings (SSSR count). The van der Waals surface area contributed by atoms with Crippen molar-refractivity contribution in [3.63, 3.8) is 0 Å². The first-order valence-corrected chi connectivity index (χ1v) is 8.64. The number of hydrogen-bond donors (Lipinski definition) is 1. The lowest BCUT2D eigenvalue weighted by Gasteiger charge is -2.09. The van der Waals surface area contributed by atoms with Crippen LogP contribution in [0.3, 0.4) is 0 Å². The van der Waals surface area contributed by atoms with E-state index in [1.165, 1.54) is 0 Å². The maximum absolute atomic E-state index is 12.7. The van der Waals surface area contributed by atoms with Crippen LogP contribution < -0.4 is 5.32 Å². The van der Waals surface area contributed by atoms with E-state index in [9.17, 15) is 4.79 Å². The van der Waals surface area contributed by atoms with Gasteiger partial charge in [0.15, 0.2) is 10.9 Å². The van der Waals surface area contributed by atoms with Crippen molar-refractivity contribution in [3.05, 3.63) is 53.8 Å². The number of rotatable bonds is 2.